The monoisotopic (exact) mass is 242 g/mol. The third-order valence-corrected chi connectivity index (χ3v) is 3.43. The van der Waals surface area contributed by atoms with Crippen LogP contribution in [0.25, 0.3) is 10.9 Å². The van der Waals surface area contributed by atoms with Gasteiger partial charge in [-0.1, -0.05) is 20.8 Å². The van der Waals surface area contributed by atoms with Crippen molar-refractivity contribution in [1.82, 2.24) is 4.98 Å². The molecule has 2 rings (SSSR count). The molecule has 0 bridgehead atoms. The molecule has 2 heteroatoms. The molecular weight excluding hydrogens is 220 g/mol. The molecule has 0 spiro atoms. The van der Waals surface area contributed by atoms with Gasteiger partial charge in [0, 0.05) is 25.7 Å². The van der Waals surface area contributed by atoms with Crippen molar-refractivity contribution in [2.45, 2.75) is 33.1 Å². The first-order chi connectivity index (χ1) is 8.54. The molecule has 0 aliphatic rings. The van der Waals surface area contributed by atoms with Crippen LogP contribution in [0.3, 0.4) is 0 Å². The Balaban J connectivity index is 2.81. The van der Waals surface area contributed by atoms with Crippen LogP contribution >= 0.6 is 0 Å². The zero-order chi connectivity index (χ0) is 13.3. The Morgan fingerprint density at radius 2 is 1.94 bits per heavy atom. The zero-order valence-corrected chi connectivity index (χ0v) is 12.0. The molecule has 0 saturated carbocycles. The summed E-state index contributed by atoms with van der Waals surface area (Å²) in [4.78, 5) is 6.73. The van der Waals surface area contributed by atoms with E-state index in [9.17, 15) is 0 Å². The summed E-state index contributed by atoms with van der Waals surface area (Å²) in [5, 5.41) is 1.30. The molecule has 1 aromatic carbocycles. The van der Waals surface area contributed by atoms with Crippen LogP contribution in [0.1, 0.15) is 37.8 Å². The summed E-state index contributed by atoms with van der Waals surface area (Å²) >= 11 is 0. The van der Waals surface area contributed by atoms with Crippen molar-refractivity contribution in [2.24, 2.45) is 0 Å². The average molecular weight is 242 g/mol. The largest absolute Gasteiger partial charge is 0.376 e. The molecular formula is C16H22N2. The Hall–Kier alpha value is -1.57. The Bertz CT molecular complexity index is 556. The minimum absolute atomic E-state index is 0.526. The maximum atomic E-state index is 4.58. The van der Waals surface area contributed by atoms with Gasteiger partial charge in [0.2, 0.25) is 0 Å². The second kappa shape index (κ2) is 4.97. The molecule has 0 unspecified atom stereocenters. The third kappa shape index (κ3) is 2.20. The average Bonchev–Trinajstić information content (AvgIpc) is 2.36. The summed E-state index contributed by atoms with van der Waals surface area (Å²) in [7, 11) is 4.16. The standard InChI is InChI=1S/C16H22N2/c1-6-12-9-14-13(11(2)3)7-8-17-16(14)15(10-12)18(4)5/h7-11H,6H2,1-5H3. The quantitative estimate of drug-likeness (QED) is 0.809. The normalized spacial score (nSPS) is 11.2. The number of hydrogen-bond acceptors (Lipinski definition) is 2. The lowest BCUT2D eigenvalue weighted by Gasteiger charge is -2.18. The molecule has 96 valence electrons. The van der Waals surface area contributed by atoms with E-state index in [0.717, 1.165) is 11.9 Å². The van der Waals surface area contributed by atoms with Gasteiger partial charge >= 0.3 is 0 Å². The fraction of sp³-hybridized carbons (Fsp3) is 0.438. The number of hydrogen-bond donors (Lipinski definition) is 0. The van der Waals surface area contributed by atoms with Crippen LogP contribution in [-0.2, 0) is 6.42 Å². The highest BCUT2D eigenvalue weighted by Crippen LogP contribution is 2.31. The molecule has 18 heavy (non-hydrogen) atoms. The first-order valence-electron chi connectivity index (χ1n) is 6.63. The molecule has 0 aliphatic heterocycles. The number of benzene rings is 1. The van der Waals surface area contributed by atoms with Crippen LogP contribution in [0.5, 0.6) is 0 Å². The molecule has 0 aliphatic carbocycles. The fourth-order valence-corrected chi connectivity index (χ4v) is 2.36. The summed E-state index contributed by atoms with van der Waals surface area (Å²) in [5.41, 5.74) is 5.09. The minimum atomic E-state index is 0.526. The van der Waals surface area contributed by atoms with Crippen LogP contribution in [0.15, 0.2) is 24.4 Å². The fourth-order valence-electron chi connectivity index (χ4n) is 2.36. The summed E-state index contributed by atoms with van der Waals surface area (Å²) in [6.07, 6.45) is 2.99. The van der Waals surface area contributed by atoms with Gasteiger partial charge in [0.25, 0.3) is 0 Å². The lowest BCUT2D eigenvalue weighted by Crippen LogP contribution is -2.10. The maximum Gasteiger partial charge on any atom is 0.0938 e. The second-order valence-corrected chi connectivity index (χ2v) is 5.31. The van der Waals surface area contributed by atoms with Gasteiger partial charge in [0.1, 0.15) is 0 Å². The van der Waals surface area contributed by atoms with E-state index >= 15 is 0 Å². The van der Waals surface area contributed by atoms with E-state index < -0.39 is 0 Å². The summed E-state index contributed by atoms with van der Waals surface area (Å²) in [5.74, 6) is 0.526. The Kier molecular flexibility index (Phi) is 3.55. The molecule has 0 radical (unpaired) electrons. The van der Waals surface area contributed by atoms with Crippen LogP contribution in [0.2, 0.25) is 0 Å². The molecule has 1 aromatic heterocycles. The van der Waals surface area contributed by atoms with E-state index in [1.54, 1.807) is 0 Å². The van der Waals surface area contributed by atoms with Gasteiger partial charge in [0.15, 0.2) is 0 Å². The van der Waals surface area contributed by atoms with Gasteiger partial charge in [-0.15, -0.1) is 0 Å². The SMILES string of the molecule is CCc1cc(N(C)C)c2nccc(C(C)C)c2c1. The predicted octanol–water partition coefficient (Wildman–Crippen LogP) is 3.99. The molecule has 0 N–H and O–H groups in total. The smallest absolute Gasteiger partial charge is 0.0938 e. The number of fused-ring (bicyclic) bond motifs is 1. The van der Waals surface area contributed by atoms with Gasteiger partial charge in [-0.3, -0.25) is 4.98 Å². The van der Waals surface area contributed by atoms with E-state index in [0.29, 0.717) is 5.92 Å². The number of nitrogens with zero attached hydrogens (tertiary/aromatic N) is 2. The highest BCUT2D eigenvalue weighted by atomic mass is 15.1. The van der Waals surface area contributed by atoms with Crippen LogP contribution in [0, 0.1) is 0 Å². The van der Waals surface area contributed by atoms with Crippen LogP contribution in [-0.4, -0.2) is 19.1 Å². The van der Waals surface area contributed by atoms with E-state index in [2.05, 4.69) is 62.9 Å². The number of pyridine rings is 1. The van der Waals surface area contributed by atoms with Crippen LogP contribution < -0.4 is 4.90 Å². The van der Waals surface area contributed by atoms with Crippen molar-refractivity contribution >= 4 is 16.6 Å². The highest BCUT2D eigenvalue weighted by molar-refractivity contribution is 5.93. The first-order valence-corrected chi connectivity index (χ1v) is 6.63. The Morgan fingerprint density at radius 3 is 2.50 bits per heavy atom. The highest BCUT2D eigenvalue weighted by Gasteiger charge is 2.11. The number of rotatable bonds is 3. The zero-order valence-electron chi connectivity index (χ0n) is 12.0. The summed E-state index contributed by atoms with van der Waals surface area (Å²) in [6, 6.07) is 6.69. The predicted molar refractivity (Wildman–Crippen MR) is 79.5 cm³/mol. The summed E-state index contributed by atoms with van der Waals surface area (Å²) in [6.45, 7) is 6.68. The molecule has 0 fully saturated rings. The number of anilines is 1. The molecule has 1 heterocycles. The molecule has 2 aromatic rings. The van der Waals surface area contributed by atoms with Gasteiger partial charge in [0.05, 0.1) is 11.2 Å². The molecule has 0 saturated heterocycles. The van der Waals surface area contributed by atoms with Crippen molar-refractivity contribution in [3.63, 3.8) is 0 Å². The molecule has 2 nitrogen and oxygen atoms in total. The lowest BCUT2D eigenvalue weighted by molar-refractivity contribution is 0.874. The molecule has 0 amide bonds. The van der Waals surface area contributed by atoms with E-state index in [4.69, 9.17) is 0 Å². The Morgan fingerprint density at radius 1 is 1.22 bits per heavy atom. The van der Waals surface area contributed by atoms with Gasteiger partial charge in [-0.05, 0) is 41.7 Å². The number of aryl methyl sites for hydroxylation is 1. The van der Waals surface area contributed by atoms with Crippen molar-refractivity contribution < 1.29 is 0 Å². The van der Waals surface area contributed by atoms with E-state index in [-0.39, 0.29) is 0 Å². The van der Waals surface area contributed by atoms with E-state index in [1.807, 2.05) is 6.20 Å². The number of aromatic nitrogens is 1. The first kappa shape index (κ1) is 12.9. The minimum Gasteiger partial charge on any atom is -0.376 e. The van der Waals surface area contributed by atoms with Crippen molar-refractivity contribution in [3.8, 4) is 0 Å². The van der Waals surface area contributed by atoms with Crippen molar-refractivity contribution in [1.29, 1.82) is 0 Å². The Labute approximate surface area is 110 Å². The van der Waals surface area contributed by atoms with Gasteiger partial charge in [-0.2, -0.15) is 0 Å². The third-order valence-electron chi connectivity index (χ3n) is 3.43. The van der Waals surface area contributed by atoms with Crippen molar-refractivity contribution in [2.75, 3.05) is 19.0 Å². The van der Waals surface area contributed by atoms with E-state index in [1.165, 1.54) is 22.2 Å². The maximum absolute atomic E-state index is 4.58. The van der Waals surface area contributed by atoms with Gasteiger partial charge < -0.3 is 4.90 Å². The van der Waals surface area contributed by atoms with Crippen LogP contribution in [0.4, 0.5) is 5.69 Å². The summed E-state index contributed by atoms with van der Waals surface area (Å²) < 4.78 is 0. The van der Waals surface area contributed by atoms with Gasteiger partial charge in [-0.25, -0.2) is 0 Å². The molecule has 0 atom stereocenters. The second-order valence-electron chi connectivity index (χ2n) is 5.31. The van der Waals surface area contributed by atoms with Crippen molar-refractivity contribution in [3.05, 3.63) is 35.5 Å². The topological polar surface area (TPSA) is 16.1 Å². The lowest BCUT2D eigenvalue weighted by atomic mass is 9.96.